The zero-order chi connectivity index (χ0) is 23.3. The lowest BCUT2D eigenvalue weighted by Crippen LogP contribution is -2.38. The lowest BCUT2D eigenvalue weighted by molar-refractivity contribution is 0.164. The number of nitrogens with zero attached hydrogens (tertiary/aromatic N) is 3. The number of aliphatic hydroxyl groups excluding tert-OH is 1. The lowest BCUT2D eigenvalue weighted by Gasteiger charge is -2.25. The summed E-state index contributed by atoms with van der Waals surface area (Å²) in [5, 5.41) is 15.4. The molecule has 3 rings (SSSR count). The molecule has 11 heteroatoms. The maximum atomic E-state index is 12.4. The molecule has 0 aliphatic heterocycles. The molecule has 1 unspecified atom stereocenters. The van der Waals surface area contributed by atoms with Crippen LogP contribution < -0.4 is 20.2 Å². The van der Waals surface area contributed by atoms with E-state index in [0.29, 0.717) is 17.0 Å². The molecule has 32 heavy (non-hydrogen) atoms. The van der Waals surface area contributed by atoms with Crippen molar-refractivity contribution < 1.29 is 23.1 Å². The van der Waals surface area contributed by atoms with Crippen LogP contribution in [0.5, 0.6) is 5.75 Å². The SMILES string of the molecule is COc1ccc(N(CC(O)Cn2cc(C=NNC(N)=O)c3ccccc32)S(C)(=O)=O)cc1. The van der Waals surface area contributed by atoms with Gasteiger partial charge >= 0.3 is 6.03 Å². The van der Waals surface area contributed by atoms with E-state index in [1.807, 2.05) is 24.3 Å². The van der Waals surface area contributed by atoms with Crippen LogP contribution in [-0.4, -0.2) is 56.4 Å². The van der Waals surface area contributed by atoms with E-state index in [2.05, 4.69) is 10.5 Å². The Bertz CT molecular complexity index is 1220. The number of nitrogens with two attached hydrogens (primary N) is 1. The molecule has 1 atom stereocenters. The van der Waals surface area contributed by atoms with Crippen LogP contribution in [0.3, 0.4) is 0 Å². The number of aromatic nitrogens is 1. The van der Waals surface area contributed by atoms with E-state index in [-0.39, 0.29) is 13.1 Å². The van der Waals surface area contributed by atoms with Crippen molar-refractivity contribution in [1.29, 1.82) is 0 Å². The van der Waals surface area contributed by atoms with Gasteiger partial charge in [-0.2, -0.15) is 5.10 Å². The molecule has 170 valence electrons. The molecule has 2 amide bonds. The number of sulfonamides is 1. The summed E-state index contributed by atoms with van der Waals surface area (Å²) in [5.41, 5.74) is 9.12. The number of benzene rings is 2. The van der Waals surface area contributed by atoms with Crippen molar-refractivity contribution in [2.24, 2.45) is 10.8 Å². The molecule has 0 spiro atoms. The van der Waals surface area contributed by atoms with Crippen LogP contribution in [0.15, 0.2) is 59.8 Å². The minimum atomic E-state index is -3.63. The van der Waals surface area contributed by atoms with E-state index >= 15 is 0 Å². The highest BCUT2D eigenvalue weighted by Gasteiger charge is 2.22. The van der Waals surface area contributed by atoms with Crippen molar-refractivity contribution in [2.75, 3.05) is 24.2 Å². The molecule has 0 bridgehead atoms. The number of carbonyl (C=O) groups excluding carboxylic acids is 1. The molecule has 2 aromatic carbocycles. The molecule has 0 radical (unpaired) electrons. The summed E-state index contributed by atoms with van der Waals surface area (Å²) in [4.78, 5) is 10.8. The summed E-state index contributed by atoms with van der Waals surface area (Å²) in [5.74, 6) is 0.599. The summed E-state index contributed by atoms with van der Waals surface area (Å²) < 4.78 is 32.8. The number of fused-ring (bicyclic) bond motifs is 1. The molecule has 1 heterocycles. The van der Waals surface area contributed by atoms with E-state index in [4.69, 9.17) is 10.5 Å². The Morgan fingerprint density at radius 2 is 1.97 bits per heavy atom. The van der Waals surface area contributed by atoms with Crippen molar-refractivity contribution in [3.63, 3.8) is 0 Å². The highest BCUT2D eigenvalue weighted by atomic mass is 32.2. The van der Waals surface area contributed by atoms with Crippen molar-refractivity contribution in [2.45, 2.75) is 12.6 Å². The van der Waals surface area contributed by atoms with Gasteiger partial charge < -0.3 is 20.1 Å². The number of anilines is 1. The third kappa shape index (κ3) is 5.56. The standard InChI is InChI=1S/C21H25N5O5S/c1-31-18-9-7-16(8-10-18)26(32(2,29)30)14-17(27)13-25-12-15(11-23-24-21(22)28)19-5-3-4-6-20(19)25/h3-12,17,27H,13-14H2,1-2H3,(H3,22,24,28). The largest absolute Gasteiger partial charge is 0.497 e. The van der Waals surface area contributed by atoms with Gasteiger partial charge in [-0.25, -0.2) is 18.6 Å². The Hall–Kier alpha value is -3.57. The predicted octanol–water partition coefficient (Wildman–Crippen LogP) is 1.48. The average molecular weight is 460 g/mol. The Balaban J connectivity index is 1.84. The minimum Gasteiger partial charge on any atom is -0.497 e. The van der Waals surface area contributed by atoms with E-state index in [1.165, 1.54) is 13.3 Å². The van der Waals surface area contributed by atoms with Gasteiger partial charge in [-0.1, -0.05) is 18.2 Å². The van der Waals surface area contributed by atoms with E-state index in [1.54, 1.807) is 35.0 Å². The van der Waals surface area contributed by atoms with Gasteiger partial charge in [-0.05, 0) is 30.3 Å². The Labute approximate surface area is 185 Å². The molecule has 0 fully saturated rings. The fraction of sp³-hybridized carbons (Fsp3) is 0.238. The Kier molecular flexibility index (Phi) is 7.01. The molecule has 1 aromatic heterocycles. The van der Waals surface area contributed by atoms with Crippen LogP contribution in [-0.2, 0) is 16.6 Å². The third-order valence-electron chi connectivity index (χ3n) is 4.74. The average Bonchev–Trinajstić information content (AvgIpc) is 3.08. The lowest BCUT2D eigenvalue weighted by atomic mass is 10.2. The van der Waals surface area contributed by atoms with E-state index in [0.717, 1.165) is 21.5 Å². The maximum Gasteiger partial charge on any atom is 0.332 e. The zero-order valence-electron chi connectivity index (χ0n) is 17.7. The number of nitrogens with one attached hydrogen (secondary N) is 1. The number of hydrogen-bond acceptors (Lipinski definition) is 6. The van der Waals surface area contributed by atoms with Gasteiger partial charge in [-0.3, -0.25) is 4.31 Å². The molecular weight excluding hydrogens is 434 g/mol. The minimum absolute atomic E-state index is 0.135. The first-order valence-electron chi connectivity index (χ1n) is 9.65. The Morgan fingerprint density at radius 1 is 1.28 bits per heavy atom. The number of primary amides is 1. The second kappa shape index (κ2) is 9.71. The van der Waals surface area contributed by atoms with Gasteiger partial charge in [0, 0.05) is 22.7 Å². The molecule has 0 aliphatic rings. The number of aliphatic hydroxyl groups is 1. The molecule has 0 saturated heterocycles. The van der Waals surface area contributed by atoms with Gasteiger partial charge in [0.25, 0.3) is 0 Å². The number of rotatable bonds is 9. The summed E-state index contributed by atoms with van der Waals surface area (Å²) in [6.45, 7) is 0.00407. The van der Waals surface area contributed by atoms with Crippen LogP contribution in [0.25, 0.3) is 10.9 Å². The van der Waals surface area contributed by atoms with Crippen molar-refractivity contribution >= 4 is 38.9 Å². The monoisotopic (exact) mass is 459 g/mol. The number of para-hydroxylation sites is 1. The molecular formula is C21H25N5O5S. The van der Waals surface area contributed by atoms with Crippen LogP contribution in [0.1, 0.15) is 5.56 Å². The zero-order valence-corrected chi connectivity index (χ0v) is 18.5. The van der Waals surface area contributed by atoms with Gasteiger partial charge in [0.1, 0.15) is 5.75 Å². The second-order valence-corrected chi connectivity index (χ2v) is 9.04. The first-order chi connectivity index (χ1) is 15.2. The van der Waals surface area contributed by atoms with Gasteiger partial charge in [-0.15, -0.1) is 0 Å². The fourth-order valence-electron chi connectivity index (χ4n) is 3.35. The van der Waals surface area contributed by atoms with Crippen LogP contribution in [0, 0.1) is 0 Å². The third-order valence-corrected chi connectivity index (χ3v) is 5.90. The van der Waals surface area contributed by atoms with E-state index in [9.17, 15) is 18.3 Å². The van der Waals surface area contributed by atoms with Gasteiger partial charge in [0.15, 0.2) is 0 Å². The van der Waals surface area contributed by atoms with Crippen molar-refractivity contribution in [1.82, 2.24) is 9.99 Å². The van der Waals surface area contributed by atoms with Crippen molar-refractivity contribution in [3.05, 3.63) is 60.3 Å². The summed E-state index contributed by atoms with van der Waals surface area (Å²) >= 11 is 0. The number of urea groups is 1. The topological polar surface area (TPSA) is 139 Å². The normalized spacial score (nSPS) is 12.7. The summed E-state index contributed by atoms with van der Waals surface area (Å²) in [7, 11) is -2.11. The van der Waals surface area contributed by atoms with Crippen molar-refractivity contribution in [3.8, 4) is 5.75 Å². The number of hydrogen-bond donors (Lipinski definition) is 3. The second-order valence-electron chi connectivity index (χ2n) is 7.13. The number of ether oxygens (including phenoxy) is 1. The van der Waals surface area contributed by atoms with Gasteiger partial charge in [0.05, 0.1) is 44.5 Å². The van der Waals surface area contributed by atoms with E-state index < -0.39 is 22.2 Å². The molecule has 4 N–H and O–H groups in total. The van der Waals surface area contributed by atoms with Crippen LogP contribution >= 0.6 is 0 Å². The first-order valence-corrected chi connectivity index (χ1v) is 11.5. The fourth-order valence-corrected chi connectivity index (χ4v) is 4.30. The predicted molar refractivity (Wildman–Crippen MR) is 123 cm³/mol. The highest BCUT2D eigenvalue weighted by molar-refractivity contribution is 7.92. The maximum absolute atomic E-state index is 12.4. The number of carbonyl (C=O) groups is 1. The molecule has 3 aromatic rings. The van der Waals surface area contributed by atoms with Crippen LogP contribution in [0.2, 0.25) is 0 Å². The Morgan fingerprint density at radius 3 is 2.59 bits per heavy atom. The quantitative estimate of drug-likeness (QED) is 0.329. The number of hydrazone groups is 1. The molecule has 0 saturated carbocycles. The summed E-state index contributed by atoms with van der Waals surface area (Å²) in [6.07, 6.45) is 3.31. The molecule has 0 aliphatic carbocycles. The smallest absolute Gasteiger partial charge is 0.332 e. The van der Waals surface area contributed by atoms with Crippen LogP contribution in [0.4, 0.5) is 10.5 Å². The van der Waals surface area contributed by atoms with Gasteiger partial charge in [0.2, 0.25) is 10.0 Å². The first kappa shape index (κ1) is 23.1. The highest BCUT2D eigenvalue weighted by Crippen LogP contribution is 2.23. The summed E-state index contributed by atoms with van der Waals surface area (Å²) in [6, 6.07) is 13.2. The number of amides is 2. The number of methoxy groups -OCH3 is 1. The molecule has 10 nitrogen and oxygen atoms in total.